The van der Waals surface area contributed by atoms with Gasteiger partial charge in [0.25, 0.3) is 17.7 Å². The number of aliphatic hydroxyl groups excluding tert-OH is 6. The van der Waals surface area contributed by atoms with Crippen LogP contribution in [0.3, 0.4) is 0 Å². The summed E-state index contributed by atoms with van der Waals surface area (Å²) >= 11 is 0. The monoisotopic (exact) mass is 1410 g/mol. The fourth-order valence-corrected chi connectivity index (χ4v) is 10.7. The Labute approximate surface area is 573 Å². The fraction of sp³-hybridized carbons (Fsp3) is 0.556. The van der Waals surface area contributed by atoms with Gasteiger partial charge in [-0.2, -0.15) is 4.99 Å². The van der Waals surface area contributed by atoms with E-state index in [1.165, 1.54) is 38.1 Å². The number of allylic oxidation sites excluding steroid dienone is 5. The minimum absolute atomic E-state index is 0.00469. The van der Waals surface area contributed by atoms with Crippen LogP contribution in [-0.4, -0.2) is 236 Å². The minimum atomic E-state index is -2.40. The van der Waals surface area contributed by atoms with Gasteiger partial charge >= 0.3 is 6.03 Å². The van der Waals surface area contributed by atoms with Gasteiger partial charge in [0.05, 0.1) is 37.8 Å². The van der Waals surface area contributed by atoms with Gasteiger partial charge in [0.2, 0.25) is 53.2 Å². The van der Waals surface area contributed by atoms with E-state index in [2.05, 4.69) is 70.4 Å². The summed E-state index contributed by atoms with van der Waals surface area (Å²) in [4.78, 5) is 187. The summed E-state index contributed by atoms with van der Waals surface area (Å²) in [5, 5.41) is 102. The second-order valence-corrected chi connectivity index (χ2v) is 24.0. The lowest BCUT2D eigenvalue weighted by molar-refractivity contribution is -0.283. The number of ether oxygens (including phenoxy) is 3. The van der Waals surface area contributed by atoms with Crippen molar-refractivity contribution < 1.29 is 112 Å². The minimum Gasteiger partial charge on any atom is -0.507 e. The standard InChI is InChI=1S/C63H90N14O23/c1-7-10-11-12-13-14-15-16-17-18-41(100-61-50(87)48(85)40(81)28-99-61)49(86)60(96)70-34(9-3)52(88)73-45-29(4)67-56(92)37-26-63(98-6)51(76-62(97)77-63)32-23-31(19-21-38(32)79)24-36(71-59(95)46(30(5)78)74-58(45)94)55(91)69-33(8-2)53(89)75-47(39(80)25-43(65)83)57(93)66-27-44(84)68-35(54(90)72-37)20-22-42(64)82/h8-9,15-19,21,23,29-30,35-37,39-41,45-50,61,78-81,85-87H,7,10-14,20,22,24-28H2,1-6H3,(H2,64,82)(H2,65,83)(H,66,93)(H,67,92)(H,68,84)(H,69,91)(H,70,96)(H,71,95)(H,72,90)(H,73,88)(H,74,94)(H,75,89)(H,77,97)/b16-15+,18-17+,33-8-,34-9+/t29-,30+,35+,36-,37-,39-,40+,41+,45+,46+,47+,48-,49-,50-,61+,63+/m0/s1. The first-order valence-electron chi connectivity index (χ1n) is 32.2. The fourth-order valence-electron chi connectivity index (χ4n) is 10.7. The van der Waals surface area contributed by atoms with Crippen molar-refractivity contribution in [3.8, 4) is 5.75 Å². The van der Waals surface area contributed by atoms with Crippen molar-refractivity contribution in [1.82, 2.24) is 58.5 Å². The Morgan fingerprint density at radius 3 is 2.17 bits per heavy atom. The number of methoxy groups -OCH3 is 1. The van der Waals surface area contributed by atoms with E-state index < -0.39 is 242 Å². The van der Waals surface area contributed by atoms with Crippen LogP contribution in [0, 0.1) is 0 Å². The molecule has 0 radical (unpaired) electrons. The predicted octanol–water partition coefficient (Wildman–Crippen LogP) is -6.68. The maximum absolute atomic E-state index is 15.2. The van der Waals surface area contributed by atoms with Gasteiger partial charge in [-0.15, -0.1) is 0 Å². The zero-order chi connectivity index (χ0) is 74.3. The third-order valence-corrected chi connectivity index (χ3v) is 16.3. The maximum atomic E-state index is 15.2. The first kappa shape index (κ1) is 81.1. The smallest absolute Gasteiger partial charge is 0.343 e. The molecule has 37 heteroatoms. The van der Waals surface area contributed by atoms with Gasteiger partial charge < -0.3 is 120 Å². The van der Waals surface area contributed by atoms with E-state index in [9.17, 15) is 88.5 Å². The highest BCUT2D eigenvalue weighted by atomic mass is 16.7. The number of hydrogen-bond acceptors (Lipinski definition) is 23. The van der Waals surface area contributed by atoms with Gasteiger partial charge in [-0.1, -0.05) is 75.1 Å². The Bertz CT molecular complexity index is 3360. The molecule has 550 valence electrons. The molecular formula is C63H90N14O23. The molecule has 16 atom stereocenters. The van der Waals surface area contributed by atoms with E-state index in [4.69, 9.17) is 25.7 Å². The zero-order valence-corrected chi connectivity index (χ0v) is 55.8. The molecule has 37 nitrogen and oxygen atoms in total. The first-order valence-corrected chi connectivity index (χ1v) is 32.2. The highest BCUT2D eigenvalue weighted by Crippen LogP contribution is 2.32. The Hall–Kier alpha value is -9.60. The van der Waals surface area contributed by atoms with Crippen molar-refractivity contribution >= 4 is 82.6 Å². The third-order valence-electron chi connectivity index (χ3n) is 16.3. The molecule has 22 N–H and O–H groups in total. The molecule has 5 rings (SSSR count). The Morgan fingerprint density at radius 1 is 0.820 bits per heavy atom. The quantitative estimate of drug-likeness (QED) is 0.0275. The van der Waals surface area contributed by atoms with Gasteiger partial charge in [0.15, 0.2) is 18.1 Å². The number of aromatic hydroxyl groups is 1. The number of nitrogens with two attached hydrogens (primary N) is 2. The molecule has 0 saturated carbocycles. The molecule has 4 heterocycles. The van der Waals surface area contributed by atoms with Gasteiger partial charge in [-0.25, -0.2) is 4.79 Å². The third kappa shape index (κ3) is 22.7. The Kier molecular flexibility index (Phi) is 30.9. The summed E-state index contributed by atoms with van der Waals surface area (Å²) in [6.07, 6.45) is -5.24. The molecule has 4 aliphatic heterocycles. The second kappa shape index (κ2) is 38.1. The number of phenolic OH excluding ortho intramolecular Hbond substituents is 1. The van der Waals surface area contributed by atoms with E-state index >= 15 is 9.59 Å². The number of carbonyl (C=O) groups excluding carboxylic acids is 13. The van der Waals surface area contributed by atoms with Crippen LogP contribution in [0.4, 0.5) is 4.79 Å². The average molecular weight is 1410 g/mol. The van der Waals surface area contributed by atoms with E-state index in [1.807, 2.05) is 6.08 Å². The molecule has 0 unspecified atom stereocenters. The number of hydrogen-bond donors (Lipinski definition) is 20. The van der Waals surface area contributed by atoms with Gasteiger partial charge in [0.1, 0.15) is 83.5 Å². The number of rotatable bonds is 23. The summed E-state index contributed by atoms with van der Waals surface area (Å²) in [5.41, 5.74) is 6.10. The molecule has 4 aliphatic rings. The van der Waals surface area contributed by atoms with Crippen LogP contribution in [0.25, 0.3) is 0 Å². The summed E-state index contributed by atoms with van der Waals surface area (Å²) < 4.78 is 17.0. The normalized spacial score (nSPS) is 28.1. The van der Waals surface area contributed by atoms with Gasteiger partial charge in [-0.3, -0.25) is 57.5 Å². The number of amides is 14. The molecule has 0 aliphatic carbocycles. The highest BCUT2D eigenvalue weighted by molar-refractivity contribution is 6.17. The lowest BCUT2D eigenvalue weighted by atomic mass is 9.90. The lowest BCUT2D eigenvalue weighted by Crippen LogP contribution is -2.65. The van der Waals surface area contributed by atoms with Gasteiger partial charge in [0, 0.05) is 31.9 Å². The molecule has 1 aromatic carbocycles. The SMILES string of the molecule is C/C=C1\NC(=O)[C@@H]2Cc3ccc(O)c(c3)C3=NC(=O)N[C@@]3(OC)C[C@H](NC(=O)[C@@H](CCC(N)=O)NC(=O)CNC(=O)[C@@H]([C@@H](O)CC(N)=O)NC1=O)C(=O)N[C@@H](C)[C@@H](NC(=O)/C(=C\C)NC(=O)[C@@H](O)[C@@H](/C=C/C=C/CCCCCCC)O[C@H]1OC[C@@H](O)[C@H](O)[C@@H]1O)C(=O)N[C@H]([C@@H](C)O)C(=O)N2. The van der Waals surface area contributed by atoms with E-state index in [0.717, 1.165) is 71.3 Å². The maximum Gasteiger partial charge on any atom is 0.343 e. The molecule has 0 aromatic heterocycles. The lowest BCUT2D eigenvalue weighted by Gasteiger charge is -2.36. The van der Waals surface area contributed by atoms with Crippen LogP contribution in [-0.2, 0) is 78.2 Å². The van der Waals surface area contributed by atoms with Crippen molar-refractivity contribution in [2.45, 2.75) is 202 Å². The van der Waals surface area contributed by atoms with Crippen LogP contribution in [0.1, 0.15) is 110 Å². The van der Waals surface area contributed by atoms with Crippen molar-refractivity contribution in [2.75, 3.05) is 20.3 Å². The zero-order valence-electron chi connectivity index (χ0n) is 55.8. The molecule has 1 fully saturated rings. The Balaban J connectivity index is 1.68. The van der Waals surface area contributed by atoms with Crippen molar-refractivity contribution in [3.05, 3.63) is 77.2 Å². The predicted molar refractivity (Wildman–Crippen MR) is 347 cm³/mol. The molecule has 1 saturated heterocycles. The molecule has 14 amide bonds. The van der Waals surface area contributed by atoms with E-state index in [1.54, 1.807) is 6.08 Å². The number of aliphatic hydroxyl groups is 6. The number of primary amides is 2. The van der Waals surface area contributed by atoms with Crippen molar-refractivity contribution in [3.63, 3.8) is 0 Å². The Morgan fingerprint density at radius 2 is 1.52 bits per heavy atom. The van der Waals surface area contributed by atoms with Gasteiger partial charge in [-0.05, 0) is 64.7 Å². The number of aliphatic imine (C=N–C) groups is 1. The number of fused-ring (bicyclic) bond motifs is 2. The molecule has 0 spiro atoms. The number of benzene rings is 1. The number of nitrogens with zero attached hydrogens (tertiary/aromatic N) is 1. The van der Waals surface area contributed by atoms with Crippen LogP contribution in [0.2, 0.25) is 0 Å². The molecule has 4 bridgehead atoms. The summed E-state index contributed by atoms with van der Waals surface area (Å²) in [5.74, 6) is -16.2. The van der Waals surface area contributed by atoms with Crippen molar-refractivity contribution in [1.29, 1.82) is 0 Å². The first-order chi connectivity index (χ1) is 47.3. The summed E-state index contributed by atoms with van der Waals surface area (Å²) in [7, 11) is 1.02. The summed E-state index contributed by atoms with van der Waals surface area (Å²) in [6.45, 7) is 5.03. The van der Waals surface area contributed by atoms with E-state index in [0.29, 0.717) is 6.42 Å². The molecule has 100 heavy (non-hydrogen) atoms. The number of unbranched alkanes of at least 4 members (excludes halogenated alkanes) is 5. The largest absolute Gasteiger partial charge is 0.507 e. The molecular weight excluding hydrogens is 1320 g/mol. The number of carbonyl (C=O) groups is 13. The second-order valence-electron chi connectivity index (χ2n) is 24.0. The molecule has 1 aromatic rings. The van der Waals surface area contributed by atoms with Crippen LogP contribution in [0.15, 0.2) is 71.0 Å². The van der Waals surface area contributed by atoms with Crippen LogP contribution in [0.5, 0.6) is 5.75 Å². The highest BCUT2D eigenvalue weighted by Gasteiger charge is 2.49. The number of urea groups is 1. The topological polar surface area (TPSA) is 588 Å². The van der Waals surface area contributed by atoms with E-state index in [-0.39, 0.29) is 11.1 Å². The summed E-state index contributed by atoms with van der Waals surface area (Å²) in [6, 6.07) is -11.9. The number of nitrogens with one attached hydrogen (secondary N) is 11. The average Bonchev–Trinajstić information content (AvgIpc) is 1.58. The van der Waals surface area contributed by atoms with Crippen molar-refractivity contribution in [2.24, 2.45) is 16.5 Å². The van der Waals surface area contributed by atoms with Crippen LogP contribution < -0.4 is 70.0 Å². The number of phenols is 1. The van der Waals surface area contributed by atoms with Crippen LogP contribution >= 0.6 is 0 Å².